The summed E-state index contributed by atoms with van der Waals surface area (Å²) >= 11 is 0. The van der Waals surface area contributed by atoms with E-state index < -0.39 is 0 Å². The fourth-order valence-electron chi connectivity index (χ4n) is 2.10. The van der Waals surface area contributed by atoms with Gasteiger partial charge in [0.1, 0.15) is 0 Å². The molecule has 2 N–H and O–H groups in total. The van der Waals surface area contributed by atoms with Crippen molar-refractivity contribution in [2.24, 2.45) is 5.73 Å². The van der Waals surface area contributed by atoms with Gasteiger partial charge in [0.2, 0.25) is 5.89 Å². The average Bonchev–Trinajstić information content (AvgIpc) is 2.75. The van der Waals surface area contributed by atoms with Crippen LogP contribution < -0.4 is 5.73 Å². The van der Waals surface area contributed by atoms with Crippen LogP contribution in [0.3, 0.4) is 0 Å². The van der Waals surface area contributed by atoms with Gasteiger partial charge in [0.05, 0.1) is 0 Å². The lowest BCUT2D eigenvalue weighted by atomic mass is 9.88. The molecule has 1 aromatic heterocycles. The lowest BCUT2D eigenvalue weighted by molar-refractivity contribution is 0.355. The highest BCUT2D eigenvalue weighted by atomic mass is 16.5. The van der Waals surface area contributed by atoms with Crippen LogP contribution in [0.2, 0.25) is 0 Å². The van der Waals surface area contributed by atoms with Crippen LogP contribution in [0.1, 0.15) is 44.3 Å². The number of hydrogen-bond acceptors (Lipinski definition) is 4. The predicted octanol–water partition coefficient (Wildman–Crippen LogP) is 1.40. The SMILES string of the molecule is CC1(c2noc(CCN)n2)CCCC1. The molecular formula is C10H17N3O. The summed E-state index contributed by atoms with van der Waals surface area (Å²) in [6.45, 7) is 2.79. The lowest BCUT2D eigenvalue weighted by Gasteiger charge is -2.17. The van der Waals surface area contributed by atoms with Crippen LogP contribution in [-0.4, -0.2) is 16.7 Å². The quantitative estimate of drug-likeness (QED) is 0.791. The maximum atomic E-state index is 5.43. The summed E-state index contributed by atoms with van der Waals surface area (Å²) in [6, 6.07) is 0. The molecule has 0 saturated heterocycles. The van der Waals surface area contributed by atoms with E-state index in [1.165, 1.54) is 25.7 Å². The first-order valence-corrected chi connectivity index (χ1v) is 5.28. The summed E-state index contributed by atoms with van der Waals surface area (Å²) in [5.74, 6) is 1.55. The molecule has 0 aromatic carbocycles. The Hall–Kier alpha value is -0.900. The van der Waals surface area contributed by atoms with Crippen molar-refractivity contribution in [1.82, 2.24) is 10.1 Å². The van der Waals surface area contributed by atoms with Crippen LogP contribution in [-0.2, 0) is 11.8 Å². The molecule has 1 aromatic rings. The lowest BCUT2D eigenvalue weighted by Crippen LogP contribution is -2.18. The van der Waals surface area contributed by atoms with Gasteiger partial charge in [-0.1, -0.05) is 24.9 Å². The minimum Gasteiger partial charge on any atom is -0.339 e. The van der Waals surface area contributed by atoms with Gasteiger partial charge in [-0.05, 0) is 12.8 Å². The second kappa shape index (κ2) is 3.69. The second-order valence-corrected chi connectivity index (χ2v) is 4.32. The van der Waals surface area contributed by atoms with E-state index in [-0.39, 0.29) is 5.41 Å². The van der Waals surface area contributed by atoms with E-state index in [4.69, 9.17) is 10.3 Å². The van der Waals surface area contributed by atoms with E-state index in [1.54, 1.807) is 0 Å². The molecule has 0 unspecified atom stereocenters. The summed E-state index contributed by atoms with van der Waals surface area (Å²) in [6.07, 6.45) is 5.58. The van der Waals surface area contributed by atoms with E-state index in [0.29, 0.717) is 18.9 Å². The fraction of sp³-hybridized carbons (Fsp3) is 0.800. The van der Waals surface area contributed by atoms with E-state index in [9.17, 15) is 0 Å². The minimum atomic E-state index is 0.149. The van der Waals surface area contributed by atoms with E-state index in [2.05, 4.69) is 17.1 Å². The molecule has 1 aliphatic carbocycles. The Balaban J connectivity index is 2.15. The predicted molar refractivity (Wildman–Crippen MR) is 52.9 cm³/mol. The zero-order chi connectivity index (χ0) is 10.0. The third-order valence-corrected chi connectivity index (χ3v) is 3.07. The van der Waals surface area contributed by atoms with E-state index in [0.717, 1.165) is 5.82 Å². The smallest absolute Gasteiger partial charge is 0.227 e. The summed E-state index contributed by atoms with van der Waals surface area (Å²) < 4.78 is 5.14. The van der Waals surface area contributed by atoms with Gasteiger partial charge in [0.15, 0.2) is 5.82 Å². The minimum absolute atomic E-state index is 0.149. The van der Waals surface area contributed by atoms with Crippen LogP contribution in [0.5, 0.6) is 0 Å². The Kier molecular flexibility index (Phi) is 2.54. The molecule has 0 aliphatic heterocycles. The van der Waals surface area contributed by atoms with Gasteiger partial charge in [-0.15, -0.1) is 0 Å². The molecule has 1 heterocycles. The summed E-state index contributed by atoms with van der Waals surface area (Å²) in [4.78, 5) is 4.40. The molecular weight excluding hydrogens is 178 g/mol. The first-order chi connectivity index (χ1) is 6.74. The molecule has 1 saturated carbocycles. The maximum Gasteiger partial charge on any atom is 0.227 e. The third kappa shape index (κ3) is 1.66. The highest BCUT2D eigenvalue weighted by Gasteiger charge is 2.34. The Morgan fingerprint density at radius 1 is 1.43 bits per heavy atom. The van der Waals surface area contributed by atoms with Crippen molar-refractivity contribution in [3.8, 4) is 0 Å². The first kappa shape index (κ1) is 9.65. The van der Waals surface area contributed by atoms with Crippen LogP contribution in [0.4, 0.5) is 0 Å². The Bertz CT molecular complexity index is 302. The Labute approximate surface area is 83.9 Å². The van der Waals surface area contributed by atoms with Crippen molar-refractivity contribution in [2.45, 2.75) is 44.4 Å². The van der Waals surface area contributed by atoms with Gasteiger partial charge in [-0.3, -0.25) is 0 Å². The number of hydrogen-bond donors (Lipinski definition) is 1. The molecule has 0 atom stereocenters. The van der Waals surface area contributed by atoms with Gasteiger partial charge in [0, 0.05) is 18.4 Å². The van der Waals surface area contributed by atoms with Crippen molar-refractivity contribution < 1.29 is 4.52 Å². The molecule has 14 heavy (non-hydrogen) atoms. The summed E-state index contributed by atoms with van der Waals surface area (Å²) in [7, 11) is 0. The van der Waals surface area contributed by atoms with Crippen molar-refractivity contribution in [3.05, 3.63) is 11.7 Å². The molecule has 0 radical (unpaired) electrons. The van der Waals surface area contributed by atoms with Crippen LogP contribution >= 0.6 is 0 Å². The topological polar surface area (TPSA) is 64.9 Å². The number of aromatic nitrogens is 2. The maximum absolute atomic E-state index is 5.43. The van der Waals surface area contributed by atoms with Gasteiger partial charge in [0.25, 0.3) is 0 Å². The largest absolute Gasteiger partial charge is 0.339 e. The van der Waals surface area contributed by atoms with Crippen LogP contribution in [0.15, 0.2) is 4.52 Å². The molecule has 0 amide bonds. The normalized spacial score (nSPS) is 20.1. The monoisotopic (exact) mass is 195 g/mol. The molecule has 4 nitrogen and oxygen atoms in total. The highest BCUT2D eigenvalue weighted by molar-refractivity contribution is 5.07. The van der Waals surface area contributed by atoms with Crippen molar-refractivity contribution >= 4 is 0 Å². The van der Waals surface area contributed by atoms with Crippen molar-refractivity contribution in [2.75, 3.05) is 6.54 Å². The third-order valence-electron chi connectivity index (χ3n) is 3.07. The number of rotatable bonds is 3. The van der Waals surface area contributed by atoms with Gasteiger partial charge in [-0.25, -0.2) is 0 Å². The zero-order valence-corrected chi connectivity index (χ0v) is 8.62. The van der Waals surface area contributed by atoms with Crippen LogP contribution in [0, 0.1) is 0 Å². The molecule has 2 rings (SSSR count). The summed E-state index contributed by atoms with van der Waals surface area (Å²) in [5.41, 5.74) is 5.58. The van der Waals surface area contributed by atoms with Crippen molar-refractivity contribution in [3.63, 3.8) is 0 Å². The molecule has 78 valence electrons. The average molecular weight is 195 g/mol. The molecule has 1 fully saturated rings. The zero-order valence-electron chi connectivity index (χ0n) is 8.62. The van der Waals surface area contributed by atoms with Crippen LogP contribution in [0.25, 0.3) is 0 Å². The second-order valence-electron chi connectivity index (χ2n) is 4.32. The summed E-state index contributed by atoms with van der Waals surface area (Å²) in [5, 5.41) is 4.05. The van der Waals surface area contributed by atoms with E-state index >= 15 is 0 Å². The highest BCUT2D eigenvalue weighted by Crippen LogP contribution is 2.38. The Morgan fingerprint density at radius 3 is 2.79 bits per heavy atom. The molecule has 1 aliphatic rings. The van der Waals surface area contributed by atoms with Gasteiger partial charge < -0.3 is 10.3 Å². The van der Waals surface area contributed by atoms with E-state index in [1.807, 2.05) is 0 Å². The Morgan fingerprint density at radius 2 is 2.14 bits per heavy atom. The van der Waals surface area contributed by atoms with Gasteiger partial charge in [-0.2, -0.15) is 4.98 Å². The molecule has 4 heteroatoms. The fourth-order valence-corrected chi connectivity index (χ4v) is 2.10. The molecule has 0 spiro atoms. The van der Waals surface area contributed by atoms with Crippen molar-refractivity contribution in [1.29, 1.82) is 0 Å². The number of nitrogens with two attached hydrogens (primary N) is 1. The number of nitrogens with zero attached hydrogens (tertiary/aromatic N) is 2. The standard InChI is InChI=1S/C10H17N3O/c1-10(5-2-3-6-10)9-12-8(4-7-11)14-13-9/h2-7,11H2,1H3. The first-order valence-electron chi connectivity index (χ1n) is 5.28. The van der Waals surface area contributed by atoms with Gasteiger partial charge >= 0.3 is 0 Å². The molecule has 0 bridgehead atoms.